The van der Waals surface area contributed by atoms with E-state index in [0.29, 0.717) is 4.47 Å². The van der Waals surface area contributed by atoms with Crippen LogP contribution in [-0.2, 0) is 10.0 Å². The lowest BCUT2D eigenvalue weighted by atomic mass is 10.3. The van der Waals surface area contributed by atoms with Gasteiger partial charge in [-0.05, 0) is 40.2 Å². The fraction of sp³-hybridized carbons (Fsp3) is 0. The molecule has 0 saturated carbocycles. The van der Waals surface area contributed by atoms with Crippen molar-refractivity contribution in [1.82, 2.24) is 4.98 Å². The van der Waals surface area contributed by atoms with Crippen molar-refractivity contribution in [2.75, 3.05) is 10.5 Å². The van der Waals surface area contributed by atoms with Crippen LogP contribution in [0.4, 0.5) is 15.8 Å². The van der Waals surface area contributed by atoms with E-state index in [-0.39, 0.29) is 16.3 Å². The summed E-state index contributed by atoms with van der Waals surface area (Å²) >= 11 is 3.13. The summed E-state index contributed by atoms with van der Waals surface area (Å²) < 4.78 is 40.0. The smallest absolute Gasteiger partial charge is 0.263 e. The first-order valence-electron chi connectivity index (χ1n) is 5.06. The van der Waals surface area contributed by atoms with Gasteiger partial charge in [-0.3, -0.25) is 9.71 Å². The third-order valence-corrected chi connectivity index (χ3v) is 3.94. The molecule has 5 nitrogen and oxygen atoms in total. The minimum Gasteiger partial charge on any atom is -0.399 e. The number of hydrogen-bond acceptors (Lipinski definition) is 4. The normalized spacial score (nSPS) is 11.3. The molecule has 2 aromatic rings. The zero-order valence-electron chi connectivity index (χ0n) is 9.47. The van der Waals surface area contributed by atoms with Crippen molar-refractivity contribution in [3.8, 4) is 0 Å². The van der Waals surface area contributed by atoms with Crippen molar-refractivity contribution < 1.29 is 12.8 Å². The van der Waals surface area contributed by atoms with Crippen molar-refractivity contribution in [3.63, 3.8) is 0 Å². The van der Waals surface area contributed by atoms with Crippen LogP contribution >= 0.6 is 15.9 Å². The molecule has 1 aromatic heterocycles. The largest absolute Gasteiger partial charge is 0.399 e. The maximum atomic E-state index is 13.1. The number of hydrogen-bond donors (Lipinski definition) is 2. The van der Waals surface area contributed by atoms with Gasteiger partial charge in [0.25, 0.3) is 10.0 Å². The van der Waals surface area contributed by atoms with E-state index in [1.54, 1.807) is 0 Å². The van der Waals surface area contributed by atoms with Crippen molar-refractivity contribution in [1.29, 1.82) is 0 Å². The fourth-order valence-corrected chi connectivity index (χ4v) is 2.97. The Hall–Kier alpha value is -1.67. The summed E-state index contributed by atoms with van der Waals surface area (Å²) in [5, 5.41) is 0. The molecule has 0 amide bonds. The number of benzene rings is 1. The number of nitrogens with one attached hydrogen (secondary N) is 1. The van der Waals surface area contributed by atoms with Crippen LogP contribution in [0.5, 0.6) is 0 Å². The minimum absolute atomic E-state index is 0.0373. The second kappa shape index (κ2) is 5.14. The van der Waals surface area contributed by atoms with Crippen LogP contribution in [0.25, 0.3) is 0 Å². The SMILES string of the molecule is Nc1cc(F)cc(NS(=O)(=O)c2cncc(Br)c2)c1. The summed E-state index contributed by atoms with van der Waals surface area (Å²) in [6, 6.07) is 4.85. The lowest BCUT2D eigenvalue weighted by Gasteiger charge is -2.08. The minimum atomic E-state index is -3.83. The first kappa shape index (κ1) is 13.8. The van der Waals surface area contributed by atoms with Gasteiger partial charge in [-0.15, -0.1) is 0 Å². The molecule has 1 heterocycles. The summed E-state index contributed by atoms with van der Waals surface area (Å²) in [7, 11) is -3.83. The van der Waals surface area contributed by atoms with Gasteiger partial charge >= 0.3 is 0 Å². The standard InChI is InChI=1S/C11H9BrFN3O2S/c12-7-1-11(6-15-5-7)19(17,18)16-10-3-8(13)2-9(14)4-10/h1-6,16H,14H2. The number of nitrogen functional groups attached to an aromatic ring is 1. The zero-order chi connectivity index (χ0) is 14.0. The lowest BCUT2D eigenvalue weighted by molar-refractivity contribution is 0.600. The molecule has 100 valence electrons. The quantitative estimate of drug-likeness (QED) is 0.836. The number of halogens is 2. The number of sulfonamides is 1. The molecule has 1 aromatic carbocycles. The highest BCUT2D eigenvalue weighted by Crippen LogP contribution is 2.21. The van der Waals surface area contributed by atoms with Gasteiger partial charge in [0.15, 0.2) is 0 Å². The summed E-state index contributed by atoms with van der Waals surface area (Å²) in [6.45, 7) is 0. The molecule has 0 aliphatic rings. The van der Waals surface area contributed by atoms with Gasteiger partial charge in [0, 0.05) is 22.6 Å². The van der Waals surface area contributed by atoms with Crippen molar-refractivity contribution in [3.05, 3.63) is 46.9 Å². The van der Waals surface area contributed by atoms with Crippen LogP contribution in [0.15, 0.2) is 46.0 Å². The van der Waals surface area contributed by atoms with Gasteiger partial charge in [0.05, 0.1) is 5.69 Å². The van der Waals surface area contributed by atoms with Gasteiger partial charge in [-0.2, -0.15) is 0 Å². The van der Waals surface area contributed by atoms with E-state index in [1.165, 1.54) is 24.5 Å². The molecule has 3 N–H and O–H groups in total. The summed E-state index contributed by atoms with van der Waals surface area (Å²) in [5.74, 6) is -0.620. The Morgan fingerprint density at radius 3 is 2.58 bits per heavy atom. The van der Waals surface area contributed by atoms with Crippen molar-refractivity contribution >= 4 is 37.3 Å². The Kier molecular flexibility index (Phi) is 3.72. The third kappa shape index (κ3) is 3.42. The monoisotopic (exact) mass is 345 g/mol. The van der Waals surface area contributed by atoms with E-state index >= 15 is 0 Å². The molecule has 0 saturated heterocycles. The van der Waals surface area contributed by atoms with Crippen LogP contribution < -0.4 is 10.5 Å². The molecule has 0 spiro atoms. The lowest BCUT2D eigenvalue weighted by Crippen LogP contribution is -2.13. The molecule has 0 bridgehead atoms. The Balaban J connectivity index is 2.36. The van der Waals surface area contributed by atoms with Crippen LogP contribution in [0.3, 0.4) is 0 Å². The van der Waals surface area contributed by atoms with Gasteiger partial charge < -0.3 is 5.73 Å². The van der Waals surface area contributed by atoms with E-state index in [2.05, 4.69) is 25.6 Å². The average Bonchev–Trinajstić information content (AvgIpc) is 2.26. The van der Waals surface area contributed by atoms with Gasteiger partial charge in [-0.25, -0.2) is 12.8 Å². The second-order valence-corrected chi connectivity index (χ2v) is 6.32. The highest BCUT2D eigenvalue weighted by atomic mass is 79.9. The molecule has 0 fully saturated rings. The molecule has 8 heteroatoms. The van der Waals surface area contributed by atoms with E-state index in [1.807, 2.05) is 0 Å². The third-order valence-electron chi connectivity index (χ3n) is 2.16. The molecule has 0 aliphatic carbocycles. The van der Waals surface area contributed by atoms with E-state index in [4.69, 9.17) is 5.73 Å². The number of aromatic nitrogens is 1. The number of rotatable bonds is 3. The molecule has 2 rings (SSSR count). The van der Waals surface area contributed by atoms with Gasteiger partial charge in [-0.1, -0.05) is 0 Å². The van der Waals surface area contributed by atoms with Crippen molar-refractivity contribution in [2.45, 2.75) is 4.90 Å². The highest BCUT2D eigenvalue weighted by molar-refractivity contribution is 9.10. The number of nitrogens with zero attached hydrogens (tertiary/aromatic N) is 1. The molecule has 19 heavy (non-hydrogen) atoms. The van der Waals surface area contributed by atoms with Crippen LogP contribution in [0.2, 0.25) is 0 Å². The van der Waals surface area contributed by atoms with E-state index in [0.717, 1.165) is 12.1 Å². The number of anilines is 2. The second-order valence-electron chi connectivity index (χ2n) is 3.72. The van der Waals surface area contributed by atoms with Gasteiger partial charge in [0.1, 0.15) is 10.7 Å². The van der Waals surface area contributed by atoms with E-state index in [9.17, 15) is 12.8 Å². The predicted molar refractivity (Wildman–Crippen MR) is 73.6 cm³/mol. The fourth-order valence-electron chi connectivity index (χ4n) is 1.42. The van der Waals surface area contributed by atoms with Crippen LogP contribution in [0.1, 0.15) is 0 Å². The predicted octanol–water partition coefficient (Wildman–Crippen LogP) is 2.37. The maximum absolute atomic E-state index is 13.1. The molecule has 0 unspecified atom stereocenters. The highest BCUT2D eigenvalue weighted by Gasteiger charge is 2.15. The Morgan fingerprint density at radius 2 is 1.95 bits per heavy atom. The van der Waals surface area contributed by atoms with Gasteiger partial charge in [0.2, 0.25) is 0 Å². The number of nitrogens with two attached hydrogens (primary N) is 1. The number of pyridine rings is 1. The molecule has 0 radical (unpaired) electrons. The zero-order valence-corrected chi connectivity index (χ0v) is 11.9. The maximum Gasteiger partial charge on any atom is 0.263 e. The topological polar surface area (TPSA) is 85.1 Å². The molecular weight excluding hydrogens is 337 g/mol. The van der Waals surface area contributed by atoms with Crippen LogP contribution in [-0.4, -0.2) is 13.4 Å². The van der Waals surface area contributed by atoms with Crippen molar-refractivity contribution in [2.24, 2.45) is 0 Å². The molecule has 0 aliphatic heterocycles. The van der Waals surface area contributed by atoms with E-state index < -0.39 is 15.8 Å². The Labute approximate surface area is 117 Å². The summed E-state index contributed by atoms with van der Waals surface area (Å²) in [6.07, 6.45) is 2.65. The Morgan fingerprint density at radius 1 is 1.21 bits per heavy atom. The van der Waals surface area contributed by atoms with Crippen LogP contribution in [0, 0.1) is 5.82 Å². The molecular formula is C11H9BrFN3O2S. The first-order valence-corrected chi connectivity index (χ1v) is 7.34. The summed E-state index contributed by atoms with van der Waals surface area (Å²) in [4.78, 5) is 3.73. The Bertz CT molecular complexity index is 701. The average molecular weight is 346 g/mol. The summed E-state index contributed by atoms with van der Waals surface area (Å²) in [5.41, 5.74) is 5.63. The first-order chi connectivity index (χ1) is 8.87. The molecule has 0 atom stereocenters.